The van der Waals surface area contributed by atoms with Crippen LogP contribution in [-0.4, -0.2) is 45.9 Å². The summed E-state index contributed by atoms with van der Waals surface area (Å²) < 4.78 is 41.7. The highest BCUT2D eigenvalue weighted by atomic mass is 31.2. The van der Waals surface area contributed by atoms with E-state index in [1.165, 1.54) is 44.5 Å². The lowest BCUT2D eigenvalue weighted by molar-refractivity contribution is -0.220. The van der Waals surface area contributed by atoms with Gasteiger partial charge in [0.2, 0.25) is 0 Å². The number of benzene rings is 2. The van der Waals surface area contributed by atoms with Gasteiger partial charge < -0.3 is 31.7 Å². The van der Waals surface area contributed by atoms with Crippen LogP contribution in [0.15, 0.2) is 12.1 Å². The Hall–Kier alpha value is -0.870. The topological polar surface area (TPSA) is 64.6 Å². The van der Waals surface area contributed by atoms with Crippen LogP contribution in [0.4, 0.5) is 0 Å². The molecular formula is C32H45O7P3. The second-order valence-corrected chi connectivity index (χ2v) is 17.0. The van der Waals surface area contributed by atoms with E-state index in [1.54, 1.807) is 0 Å². The minimum atomic E-state index is -1.13. The Balaban J connectivity index is 0.000000153. The van der Waals surface area contributed by atoms with Gasteiger partial charge in [0, 0.05) is 41.7 Å². The van der Waals surface area contributed by atoms with E-state index in [1.807, 2.05) is 13.3 Å². The molecule has 2 bridgehead atoms. The summed E-state index contributed by atoms with van der Waals surface area (Å²) in [6.45, 7) is 22.5. The van der Waals surface area contributed by atoms with E-state index < -0.39 is 25.4 Å². The van der Waals surface area contributed by atoms with Gasteiger partial charge >= 0.3 is 8.60 Å². The van der Waals surface area contributed by atoms with Crippen LogP contribution < -0.4 is 9.05 Å². The molecule has 6 aliphatic rings. The van der Waals surface area contributed by atoms with Crippen molar-refractivity contribution >= 4 is 25.4 Å². The average molecular weight is 635 g/mol. The third-order valence-electron chi connectivity index (χ3n) is 9.81. The van der Waals surface area contributed by atoms with Gasteiger partial charge in [-0.15, -0.1) is 0 Å². The van der Waals surface area contributed by atoms with E-state index in [4.69, 9.17) is 31.7 Å². The minimum Gasteiger partial charge on any atom is -0.438 e. The molecular weight excluding hydrogens is 589 g/mol. The molecule has 0 amide bonds. The van der Waals surface area contributed by atoms with Crippen LogP contribution in [0.2, 0.25) is 0 Å². The Morgan fingerprint density at radius 3 is 1.57 bits per heavy atom. The molecule has 10 heteroatoms. The van der Waals surface area contributed by atoms with Crippen LogP contribution in [0.3, 0.4) is 0 Å². The fraction of sp³-hybridized carbons (Fsp3) is 0.625. The van der Waals surface area contributed by atoms with Gasteiger partial charge in [-0.05, 0) is 93.7 Å². The van der Waals surface area contributed by atoms with Crippen LogP contribution in [-0.2, 0) is 29.0 Å². The van der Waals surface area contributed by atoms with Gasteiger partial charge in [0.05, 0.1) is 32.5 Å². The molecule has 1 aliphatic carbocycles. The molecule has 5 aliphatic heterocycles. The van der Waals surface area contributed by atoms with Crippen molar-refractivity contribution in [3.8, 4) is 11.5 Å². The molecule has 2 aromatic carbocycles. The predicted molar refractivity (Wildman–Crippen MR) is 170 cm³/mol. The fourth-order valence-electron chi connectivity index (χ4n) is 7.61. The molecule has 0 radical (unpaired) electrons. The predicted octanol–water partition coefficient (Wildman–Crippen LogP) is 8.89. The van der Waals surface area contributed by atoms with Gasteiger partial charge in [0.15, 0.2) is 8.38 Å². The molecule has 0 aromatic heterocycles. The van der Waals surface area contributed by atoms with Crippen LogP contribution >= 0.6 is 25.4 Å². The van der Waals surface area contributed by atoms with E-state index >= 15 is 0 Å². The summed E-state index contributed by atoms with van der Waals surface area (Å²) in [5, 5.41) is 0. The molecule has 5 heterocycles. The molecule has 5 fully saturated rings. The third kappa shape index (κ3) is 5.56. The molecule has 2 spiro atoms. The first-order valence-electron chi connectivity index (χ1n) is 14.9. The van der Waals surface area contributed by atoms with Gasteiger partial charge in [-0.2, -0.15) is 0 Å². The Morgan fingerprint density at radius 2 is 1.10 bits per heavy atom. The van der Waals surface area contributed by atoms with Gasteiger partial charge in [-0.3, -0.25) is 0 Å². The van der Waals surface area contributed by atoms with Crippen molar-refractivity contribution in [3.63, 3.8) is 0 Å². The quantitative estimate of drug-likeness (QED) is 0.268. The largest absolute Gasteiger partial charge is 0.438 e. The Kier molecular flexibility index (Phi) is 8.75. The summed E-state index contributed by atoms with van der Waals surface area (Å²) in [5.41, 5.74) is 10.4. The molecule has 1 saturated carbocycles. The number of hydrogen-bond acceptors (Lipinski definition) is 7. The summed E-state index contributed by atoms with van der Waals surface area (Å²) in [5.74, 6) is 2.67. The molecule has 0 N–H and O–H groups in total. The first-order valence-corrected chi connectivity index (χ1v) is 19.3. The SMILES string of the molecule is CC1CC2(COP(C)OC2)C2OP3OCC2(CO3)C1.Cc1cc(C)c2c(c1C)Cc1c(C)c(C)cc(C)c1OP(C)O2. The highest BCUT2D eigenvalue weighted by molar-refractivity contribution is 7.47. The minimum absolute atomic E-state index is 0.000648. The number of aryl methyl sites for hydroxylation is 4. The monoisotopic (exact) mass is 634 g/mol. The maximum atomic E-state index is 6.23. The van der Waals surface area contributed by atoms with Crippen molar-refractivity contribution < 1.29 is 31.7 Å². The first kappa shape index (κ1) is 31.1. The van der Waals surface area contributed by atoms with Crippen LogP contribution in [0, 0.1) is 58.3 Å². The van der Waals surface area contributed by atoms with Crippen molar-refractivity contribution in [2.24, 2.45) is 16.7 Å². The first-order chi connectivity index (χ1) is 19.9. The fourth-order valence-corrected chi connectivity index (χ4v) is 11.2. The molecule has 2 unspecified atom stereocenters. The standard InChI is InChI=1S/C20H25O2P.C12H20O5P2/c1-11-8-13(3)19-17(15(11)5)10-18-16(6)12(2)9-14(4)20(18)22-23(7)21-19;1-9-3-11(5-13-18(2)14-6-11)10-12(4-9)7-15-19(17-10)16-8-12/h8-9H,10H2,1-7H3;9-10H,3-8H2,1-2H3. The maximum Gasteiger partial charge on any atom is 0.333 e. The lowest BCUT2D eigenvalue weighted by Crippen LogP contribution is -2.64. The zero-order valence-electron chi connectivity index (χ0n) is 26.5. The summed E-state index contributed by atoms with van der Waals surface area (Å²) in [6.07, 6.45) is 3.28. The molecule has 230 valence electrons. The summed E-state index contributed by atoms with van der Waals surface area (Å²) in [4.78, 5) is 0. The van der Waals surface area contributed by atoms with Crippen LogP contribution in [0.5, 0.6) is 11.5 Å². The zero-order valence-corrected chi connectivity index (χ0v) is 29.1. The van der Waals surface area contributed by atoms with Gasteiger partial charge in [-0.1, -0.05) is 19.1 Å². The summed E-state index contributed by atoms with van der Waals surface area (Å²) in [7, 11) is -2.82. The lowest BCUT2D eigenvalue weighted by Gasteiger charge is -2.61. The van der Waals surface area contributed by atoms with Crippen molar-refractivity contribution in [3.05, 3.63) is 56.6 Å². The summed E-state index contributed by atoms with van der Waals surface area (Å²) in [6, 6.07) is 4.43. The molecule has 8 rings (SSSR count). The van der Waals surface area contributed by atoms with Crippen LogP contribution in [0.1, 0.15) is 64.3 Å². The van der Waals surface area contributed by atoms with E-state index in [-0.39, 0.29) is 16.9 Å². The molecule has 7 nitrogen and oxygen atoms in total. The van der Waals surface area contributed by atoms with Crippen molar-refractivity contribution in [1.82, 2.24) is 0 Å². The van der Waals surface area contributed by atoms with Gasteiger partial charge in [-0.25, -0.2) is 0 Å². The average Bonchev–Trinajstić information content (AvgIpc) is 2.94. The molecule has 4 saturated heterocycles. The highest BCUT2D eigenvalue weighted by Crippen LogP contribution is 2.66. The van der Waals surface area contributed by atoms with E-state index in [2.05, 4.69) is 60.6 Å². The number of fused-ring (bicyclic) bond motifs is 4. The Morgan fingerprint density at radius 1 is 0.643 bits per heavy atom. The Labute approximate surface area is 255 Å². The molecule has 42 heavy (non-hydrogen) atoms. The van der Waals surface area contributed by atoms with Crippen molar-refractivity contribution in [2.75, 3.05) is 39.8 Å². The molecule has 2 atom stereocenters. The van der Waals surface area contributed by atoms with Crippen molar-refractivity contribution in [1.29, 1.82) is 0 Å². The van der Waals surface area contributed by atoms with E-state index in [0.717, 1.165) is 57.2 Å². The smallest absolute Gasteiger partial charge is 0.333 e. The maximum absolute atomic E-state index is 6.23. The third-order valence-corrected chi connectivity index (χ3v) is 12.7. The van der Waals surface area contributed by atoms with E-state index in [0.29, 0.717) is 5.92 Å². The lowest BCUT2D eigenvalue weighted by atomic mass is 9.57. The Bertz CT molecular complexity index is 1280. The van der Waals surface area contributed by atoms with Crippen molar-refractivity contribution in [2.45, 2.75) is 73.8 Å². The molecule has 2 aromatic rings. The second-order valence-electron chi connectivity index (χ2n) is 13.2. The van der Waals surface area contributed by atoms with Crippen LogP contribution in [0.25, 0.3) is 0 Å². The van der Waals surface area contributed by atoms with Gasteiger partial charge in [0.25, 0.3) is 8.38 Å². The highest BCUT2D eigenvalue weighted by Gasteiger charge is 2.64. The zero-order chi connectivity index (χ0) is 30.0. The number of hydrogen-bond donors (Lipinski definition) is 0. The van der Waals surface area contributed by atoms with E-state index in [9.17, 15) is 0 Å². The van der Waals surface area contributed by atoms with Gasteiger partial charge in [0.1, 0.15) is 11.5 Å². The summed E-state index contributed by atoms with van der Waals surface area (Å²) >= 11 is 0. The second kappa shape index (κ2) is 11.8. The normalized spacial score (nSPS) is 33.6. The number of rotatable bonds is 0.